The lowest BCUT2D eigenvalue weighted by molar-refractivity contribution is 0.622. The molecule has 4 aromatic rings. The number of H-pyrrole nitrogens is 1. The molecule has 0 saturated carbocycles. The minimum Gasteiger partial charge on any atom is -0.277 e. The molecule has 2 aromatic carbocycles. The second kappa shape index (κ2) is 8.81. The molecule has 4 rings (SSSR count). The van der Waals surface area contributed by atoms with Crippen molar-refractivity contribution in [2.75, 3.05) is 0 Å². The van der Waals surface area contributed by atoms with Gasteiger partial charge in [0.15, 0.2) is 0 Å². The van der Waals surface area contributed by atoms with Gasteiger partial charge in [-0.05, 0) is 36.8 Å². The second-order valence-corrected chi connectivity index (χ2v) is 7.06. The highest BCUT2D eigenvalue weighted by molar-refractivity contribution is 5.77. The van der Waals surface area contributed by atoms with Gasteiger partial charge in [0.2, 0.25) is 0 Å². The van der Waals surface area contributed by atoms with Crippen LogP contribution in [0.4, 0.5) is 4.39 Å². The van der Waals surface area contributed by atoms with Crippen molar-refractivity contribution in [3.05, 3.63) is 111 Å². The van der Waals surface area contributed by atoms with Crippen molar-refractivity contribution in [2.45, 2.75) is 13.5 Å². The van der Waals surface area contributed by atoms with Crippen LogP contribution in [0.25, 0.3) is 29.1 Å². The Hall–Kier alpha value is -4.33. The average Bonchev–Trinajstić information content (AvgIpc) is 3.15. The van der Waals surface area contributed by atoms with Crippen LogP contribution in [-0.4, -0.2) is 24.5 Å². The number of nitrogens with one attached hydrogen (secondary N) is 1. The Balaban J connectivity index is 1.67. The first-order valence-corrected chi connectivity index (χ1v) is 9.89. The summed E-state index contributed by atoms with van der Waals surface area (Å²) < 4.78 is 16.1. The van der Waals surface area contributed by atoms with E-state index in [1.54, 1.807) is 54.6 Å². The zero-order valence-corrected chi connectivity index (χ0v) is 17.3. The van der Waals surface area contributed by atoms with Crippen LogP contribution in [0.2, 0.25) is 0 Å². The summed E-state index contributed by atoms with van der Waals surface area (Å²) in [5.41, 5.74) is 3.01. The minimum atomic E-state index is -0.356. The van der Waals surface area contributed by atoms with E-state index in [2.05, 4.69) is 21.9 Å². The van der Waals surface area contributed by atoms with E-state index in [4.69, 9.17) is 0 Å². The van der Waals surface area contributed by atoms with Gasteiger partial charge in [-0.1, -0.05) is 49.1 Å². The molecular formula is C24H20FN5O2. The second-order valence-electron chi connectivity index (χ2n) is 7.06. The molecule has 0 atom stereocenters. The normalized spacial score (nSPS) is 11.2. The molecule has 0 radical (unpaired) electrons. The largest absolute Gasteiger partial charge is 0.350 e. The van der Waals surface area contributed by atoms with E-state index < -0.39 is 0 Å². The fourth-order valence-electron chi connectivity index (χ4n) is 3.45. The molecular weight excluding hydrogens is 409 g/mol. The summed E-state index contributed by atoms with van der Waals surface area (Å²) in [6.07, 6.45) is 6.50. The number of benzene rings is 2. The Bertz CT molecular complexity index is 1430. The molecule has 0 fully saturated rings. The van der Waals surface area contributed by atoms with Crippen LogP contribution >= 0.6 is 0 Å². The van der Waals surface area contributed by atoms with Crippen LogP contribution in [0.1, 0.15) is 23.6 Å². The lowest BCUT2D eigenvalue weighted by Crippen LogP contribution is -2.24. The monoisotopic (exact) mass is 429 g/mol. The quantitative estimate of drug-likeness (QED) is 0.507. The van der Waals surface area contributed by atoms with Crippen molar-refractivity contribution >= 4 is 12.2 Å². The third-order valence-corrected chi connectivity index (χ3v) is 4.96. The van der Waals surface area contributed by atoms with Crippen molar-refractivity contribution in [1.82, 2.24) is 24.5 Å². The van der Waals surface area contributed by atoms with E-state index in [-0.39, 0.29) is 23.6 Å². The minimum absolute atomic E-state index is 0.215. The van der Waals surface area contributed by atoms with E-state index in [9.17, 15) is 14.0 Å². The van der Waals surface area contributed by atoms with E-state index in [0.717, 1.165) is 5.56 Å². The summed E-state index contributed by atoms with van der Waals surface area (Å²) in [6, 6.07) is 13.2. The zero-order valence-electron chi connectivity index (χ0n) is 17.3. The maximum atomic E-state index is 13.4. The van der Waals surface area contributed by atoms with Gasteiger partial charge in [-0.2, -0.15) is 14.9 Å². The van der Waals surface area contributed by atoms with Gasteiger partial charge in [-0.25, -0.2) is 14.3 Å². The van der Waals surface area contributed by atoms with Gasteiger partial charge < -0.3 is 0 Å². The van der Waals surface area contributed by atoms with Crippen LogP contribution in [0.15, 0.2) is 77.1 Å². The molecule has 2 aromatic heterocycles. The number of nitrogens with zero attached hydrogens (tertiary/aromatic N) is 4. The summed E-state index contributed by atoms with van der Waals surface area (Å²) in [5.74, 6) is -0.356. The molecule has 0 aliphatic carbocycles. The first kappa shape index (κ1) is 20.9. The molecule has 0 unspecified atom stereocenters. The molecule has 32 heavy (non-hydrogen) atoms. The number of halogens is 1. The molecule has 0 aliphatic heterocycles. The number of rotatable bonds is 6. The van der Waals surface area contributed by atoms with Gasteiger partial charge in [0.1, 0.15) is 12.1 Å². The van der Waals surface area contributed by atoms with Crippen molar-refractivity contribution in [3.63, 3.8) is 0 Å². The molecule has 1 N–H and O–H groups in total. The van der Waals surface area contributed by atoms with Crippen LogP contribution in [0.5, 0.6) is 0 Å². The molecule has 0 saturated heterocycles. The number of hydrogen-bond acceptors (Lipinski definition) is 4. The first-order valence-electron chi connectivity index (χ1n) is 9.89. The van der Waals surface area contributed by atoms with Gasteiger partial charge >= 0.3 is 5.69 Å². The standard InChI is InChI=1S/C24H20FN5O2/c1-3-6-21-20(4-2)22(27-28-23(21)31)17-9-11-19(12-10-17)30-24(32)29(15-26-30)14-16-7-5-8-18(25)13-16/h3-13,15H,2,14H2,1H3,(H,28,31)/b6-3-. The predicted octanol–water partition coefficient (Wildman–Crippen LogP) is 3.65. The van der Waals surface area contributed by atoms with Crippen molar-refractivity contribution < 1.29 is 4.39 Å². The maximum Gasteiger partial charge on any atom is 0.350 e. The molecule has 7 nitrogen and oxygen atoms in total. The Morgan fingerprint density at radius 2 is 1.91 bits per heavy atom. The molecule has 0 bridgehead atoms. The van der Waals surface area contributed by atoms with E-state index in [1.807, 2.05) is 6.92 Å². The molecule has 8 heteroatoms. The summed E-state index contributed by atoms with van der Waals surface area (Å²) in [5, 5.41) is 10.9. The van der Waals surface area contributed by atoms with Crippen LogP contribution in [0, 0.1) is 5.82 Å². The van der Waals surface area contributed by atoms with Crippen LogP contribution in [0.3, 0.4) is 0 Å². The van der Waals surface area contributed by atoms with Gasteiger partial charge in [-0.3, -0.25) is 9.36 Å². The number of hydrogen-bond donors (Lipinski definition) is 1. The van der Waals surface area contributed by atoms with E-state index >= 15 is 0 Å². The molecule has 2 heterocycles. The molecule has 0 amide bonds. The maximum absolute atomic E-state index is 13.4. The highest BCUT2D eigenvalue weighted by Gasteiger charge is 2.13. The highest BCUT2D eigenvalue weighted by Crippen LogP contribution is 2.24. The van der Waals surface area contributed by atoms with Crippen molar-refractivity contribution in [3.8, 4) is 16.9 Å². The average molecular weight is 429 g/mol. The third-order valence-electron chi connectivity index (χ3n) is 4.96. The van der Waals surface area contributed by atoms with Gasteiger partial charge in [-0.15, -0.1) is 0 Å². The number of aromatic nitrogens is 5. The molecule has 160 valence electrons. The van der Waals surface area contributed by atoms with Gasteiger partial charge in [0, 0.05) is 11.1 Å². The summed E-state index contributed by atoms with van der Waals surface area (Å²) in [6.45, 7) is 5.85. The lowest BCUT2D eigenvalue weighted by Gasteiger charge is -2.08. The topological polar surface area (TPSA) is 85.6 Å². The van der Waals surface area contributed by atoms with Crippen molar-refractivity contribution in [1.29, 1.82) is 0 Å². The van der Waals surface area contributed by atoms with Crippen LogP contribution in [-0.2, 0) is 6.54 Å². The Labute approximate surface area is 182 Å². The van der Waals surface area contributed by atoms with Gasteiger partial charge in [0.05, 0.1) is 23.5 Å². The highest BCUT2D eigenvalue weighted by atomic mass is 19.1. The third kappa shape index (κ3) is 3.98. The lowest BCUT2D eigenvalue weighted by atomic mass is 10.0. The van der Waals surface area contributed by atoms with Crippen LogP contribution < -0.4 is 11.2 Å². The van der Waals surface area contributed by atoms with E-state index in [1.165, 1.54) is 27.7 Å². The van der Waals surface area contributed by atoms with Crippen molar-refractivity contribution in [2.24, 2.45) is 0 Å². The Morgan fingerprint density at radius 3 is 2.59 bits per heavy atom. The Morgan fingerprint density at radius 1 is 1.12 bits per heavy atom. The first-order chi connectivity index (χ1) is 15.5. The zero-order chi connectivity index (χ0) is 22.7. The smallest absolute Gasteiger partial charge is 0.277 e. The number of aromatic amines is 1. The fourth-order valence-corrected chi connectivity index (χ4v) is 3.45. The summed E-state index contributed by atoms with van der Waals surface area (Å²) in [4.78, 5) is 24.9. The van der Waals surface area contributed by atoms with Gasteiger partial charge in [0.25, 0.3) is 5.56 Å². The fraction of sp³-hybridized carbons (Fsp3) is 0.0833. The molecule has 0 aliphatic rings. The summed E-state index contributed by atoms with van der Waals surface area (Å²) >= 11 is 0. The number of allylic oxidation sites excluding steroid dienone is 1. The Kier molecular flexibility index (Phi) is 5.76. The molecule has 0 spiro atoms. The summed E-state index contributed by atoms with van der Waals surface area (Å²) in [7, 11) is 0. The predicted molar refractivity (Wildman–Crippen MR) is 122 cm³/mol. The van der Waals surface area contributed by atoms with E-state index in [0.29, 0.717) is 28.1 Å². The SMILES string of the molecule is C=Cc1c(-c2ccc(-n3ncn(Cc4cccc(F)c4)c3=O)cc2)n[nH]c(=O)c1/C=C\C.